The molecule has 238 valence electrons. The number of unbranched alkanes of at least 4 members (excludes halogenated alkanes) is 1. The summed E-state index contributed by atoms with van der Waals surface area (Å²) in [5.74, 6) is 0.110. The molecule has 2 heterocycles. The van der Waals surface area contributed by atoms with Gasteiger partial charge in [-0.15, -0.1) is 0 Å². The Morgan fingerprint density at radius 2 is 1.67 bits per heavy atom. The van der Waals surface area contributed by atoms with Crippen LogP contribution in [-0.2, 0) is 20.9 Å². The molecule has 9 heteroatoms. The lowest BCUT2D eigenvalue weighted by atomic mass is 9.95. The Morgan fingerprint density at radius 3 is 2.38 bits per heavy atom. The summed E-state index contributed by atoms with van der Waals surface area (Å²) in [6.07, 6.45) is 2.63. The van der Waals surface area contributed by atoms with Crippen LogP contribution in [0.4, 0.5) is 0 Å². The second kappa shape index (κ2) is 15.6. The number of ether oxygens (including phenoxy) is 4. The van der Waals surface area contributed by atoms with Crippen LogP contribution in [-0.4, -0.2) is 79.7 Å². The molecule has 45 heavy (non-hydrogen) atoms. The third-order valence-electron chi connectivity index (χ3n) is 8.15. The third kappa shape index (κ3) is 7.85. The van der Waals surface area contributed by atoms with Crippen molar-refractivity contribution in [1.29, 1.82) is 0 Å². The molecular formula is C36H42N2O7. The highest BCUT2D eigenvalue weighted by atomic mass is 16.5. The fourth-order valence-electron chi connectivity index (χ4n) is 5.65. The molecule has 3 aromatic carbocycles. The molecule has 1 atom stereocenters. The van der Waals surface area contributed by atoms with Gasteiger partial charge in [-0.05, 0) is 60.4 Å². The number of hydrogen-bond acceptors (Lipinski definition) is 8. The van der Waals surface area contributed by atoms with Crippen LogP contribution in [0, 0.1) is 0 Å². The maximum Gasteiger partial charge on any atom is 0.295 e. The minimum Gasteiger partial charge on any atom is -0.507 e. The van der Waals surface area contributed by atoms with Gasteiger partial charge in [0, 0.05) is 31.7 Å². The fraction of sp³-hybridized carbons (Fsp3) is 0.389. The second-order valence-electron chi connectivity index (χ2n) is 11.2. The molecular weight excluding hydrogens is 572 g/mol. The van der Waals surface area contributed by atoms with Crippen LogP contribution in [0.1, 0.15) is 48.9 Å². The summed E-state index contributed by atoms with van der Waals surface area (Å²) in [4.78, 5) is 31.0. The average molecular weight is 615 g/mol. The van der Waals surface area contributed by atoms with Gasteiger partial charge in [-0.1, -0.05) is 49.7 Å². The maximum absolute atomic E-state index is 13.6. The number of rotatable bonds is 14. The van der Waals surface area contributed by atoms with E-state index in [1.165, 1.54) is 0 Å². The number of carbonyl (C=O) groups is 2. The summed E-state index contributed by atoms with van der Waals surface area (Å²) in [5.41, 5.74) is 2.14. The van der Waals surface area contributed by atoms with Crippen LogP contribution in [0.2, 0.25) is 0 Å². The van der Waals surface area contributed by atoms with Gasteiger partial charge in [0.05, 0.1) is 38.5 Å². The Bertz CT molecular complexity index is 1470. The summed E-state index contributed by atoms with van der Waals surface area (Å²) < 4.78 is 23.0. The third-order valence-corrected chi connectivity index (χ3v) is 8.15. The van der Waals surface area contributed by atoms with Crippen molar-refractivity contribution in [3.8, 4) is 17.2 Å². The highest BCUT2D eigenvalue weighted by Crippen LogP contribution is 2.42. The number of likely N-dealkylation sites (tertiary alicyclic amines) is 1. The summed E-state index contributed by atoms with van der Waals surface area (Å²) in [6.45, 7) is 7.22. The van der Waals surface area contributed by atoms with E-state index in [0.717, 1.165) is 38.0 Å². The quantitative estimate of drug-likeness (QED) is 0.109. The van der Waals surface area contributed by atoms with Gasteiger partial charge in [0.25, 0.3) is 11.7 Å². The first-order valence-electron chi connectivity index (χ1n) is 15.7. The zero-order valence-corrected chi connectivity index (χ0v) is 26.1. The van der Waals surface area contributed by atoms with Crippen LogP contribution < -0.4 is 14.2 Å². The minimum atomic E-state index is -0.799. The Balaban J connectivity index is 1.45. The molecule has 2 aliphatic heterocycles. The van der Waals surface area contributed by atoms with Crippen LogP contribution in [0.3, 0.4) is 0 Å². The highest BCUT2D eigenvalue weighted by Gasteiger charge is 2.46. The van der Waals surface area contributed by atoms with Crippen molar-refractivity contribution in [3.63, 3.8) is 0 Å². The molecule has 1 N–H and O–H groups in total. The number of amides is 1. The molecule has 1 amide bonds. The molecule has 9 nitrogen and oxygen atoms in total. The van der Waals surface area contributed by atoms with E-state index in [9.17, 15) is 14.7 Å². The average Bonchev–Trinajstić information content (AvgIpc) is 3.33. The number of morpholine rings is 1. The van der Waals surface area contributed by atoms with Crippen molar-refractivity contribution in [3.05, 3.63) is 95.1 Å². The standard InChI is InChI=1S/C36H42N2O7/c1-3-4-21-44-29-14-11-27(12-15-29)34(39)32-33(38(36(41)35(32)40)18-8-17-37-19-22-43-23-20-37)28-13-16-30(31(24-28)42-2)45-25-26-9-6-5-7-10-26/h5-7,9-16,24,33,39H,3-4,8,17-23,25H2,1-2H3/b34-32+. The number of aliphatic hydroxyl groups is 1. The van der Waals surface area contributed by atoms with Crippen molar-refractivity contribution >= 4 is 17.4 Å². The number of aliphatic hydroxyl groups excluding tert-OH is 1. The fourth-order valence-corrected chi connectivity index (χ4v) is 5.65. The number of methoxy groups -OCH3 is 1. The molecule has 0 spiro atoms. The van der Waals surface area contributed by atoms with Gasteiger partial charge in [0.1, 0.15) is 18.1 Å². The van der Waals surface area contributed by atoms with E-state index in [-0.39, 0.29) is 11.3 Å². The summed E-state index contributed by atoms with van der Waals surface area (Å²) in [7, 11) is 1.55. The molecule has 5 rings (SSSR count). The minimum absolute atomic E-state index is 0.0473. The number of Topliss-reactive ketones (excluding diaryl/α,β-unsaturated/α-hetero) is 1. The first-order chi connectivity index (χ1) is 22.0. The van der Waals surface area contributed by atoms with E-state index in [4.69, 9.17) is 18.9 Å². The van der Waals surface area contributed by atoms with Gasteiger partial charge >= 0.3 is 0 Å². The number of hydrogen-bond donors (Lipinski definition) is 1. The molecule has 3 aromatic rings. The Hall–Kier alpha value is -4.34. The van der Waals surface area contributed by atoms with E-state index in [0.29, 0.717) is 67.8 Å². The van der Waals surface area contributed by atoms with E-state index in [1.807, 2.05) is 36.4 Å². The summed E-state index contributed by atoms with van der Waals surface area (Å²) in [5, 5.41) is 11.5. The zero-order chi connectivity index (χ0) is 31.6. The van der Waals surface area contributed by atoms with Gasteiger partial charge in [-0.2, -0.15) is 0 Å². The van der Waals surface area contributed by atoms with Crippen molar-refractivity contribution < 1.29 is 33.6 Å². The Kier molecular flexibility index (Phi) is 11.1. The van der Waals surface area contributed by atoms with Gasteiger partial charge < -0.3 is 29.0 Å². The second-order valence-corrected chi connectivity index (χ2v) is 11.2. The summed E-state index contributed by atoms with van der Waals surface area (Å²) >= 11 is 0. The van der Waals surface area contributed by atoms with Gasteiger partial charge in [0.2, 0.25) is 0 Å². The lowest BCUT2D eigenvalue weighted by molar-refractivity contribution is -0.140. The van der Waals surface area contributed by atoms with Crippen molar-refractivity contribution in [2.45, 2.75) is 38.8 Å². The largest absolute Gasteiger partial charge is 0.507 e. The molecule has 0 radical (unpaired) electrons. The smallest absolute Gasteiger partial charge is 0.295 e. The van der Waals surface area contributed by atoms with Crippen LogP contribution in [0.25, 0.3) is 5.76 Å². The zero-order valence-electron chi connectivity index (χ0n) is 26.1. The molecule has 2 saturated heterocycles. The molecule has 1 unspecified atom stereocenters. The first kappa shape index (κ1) is 32.1. The molecule has 2 fully saturated rings. The van der Waals surface area contributed by atoms with Crippen molar-refractivity contribution in [1.82, 2.24) is 9.80 Å². The molecule has 0 aromatic heterocycles. The number of nitrogens with zero attached hydrogens (tertiary/aromatic N) is 2. The first-order valence-corrected chi connectivity index (χ1v) is 15.7. The monoisotopic (exact) mass is 614 g/mol. The Labute approximate surface area is 265 Å². The highest BCUT2D eigenvalue weighted by molar-refractivity contribution is 6.46. The van der Waals surface area contributed by atoms with E-state index in [1.54, 1.807) is 48.4 Å². The topological polar surface area (TPSA) is 97.8 Å². The molecule has 0 bridgehead atoms. The van der Waals surface area contributed by atoms with Crippen molar-refractivity contribution in [2.75, 3.05) is 53.1 Å². The lowest BCUT2D eigenvalue weighted by Gasteiger charge is -2.29. The predicted molar refractivity (Wildman–Crippen MR) is 171 cm³/mol. The molecule has 2 aliphatic rings. The van der Waals surface area contributed by atoms with E-state index >= 15 is 0 Å². The number of benzene rings is 3. The SMILES string of the molecule is CCCCOc1ccc(/C(O)=C2\C(=O)C(=O)N(CCCN3CCOCC3)C2c2ccc(OCc3ccccc3)c(OC)c2)cc1. The van der Waals surface area contributed by atoms with E-state index in [2.05, 4.69) is 11.8 Å². The van der Waals surface area contributed by atoms with Crippen molar-refractivity contribution in [2.24, 2.45) is 0 Å². The maximum atomic E-state index is 13.6. The molecule has 0 aliphatic carbocycles. The summed E-state index contributed by atoms with van der Waals surface area (Å²) in [6, 6.07) is 21.4. The van der Waals surface area contributed by atoms with Crippen LogP contribution in [0.15, 0.2) is 78.4 Å². The number of carbonyl (C=O) groups excluding carboxylic acids is 2. The van der Waals surface area contributed by atoms with E-state index < -0.39 is 17.7 Å². The molecule has 0 saturated carbocycles. The van der Waals surface area contributed by atoms with Gasteiger partial charge in [-0.3, -0.25) is 14.5 Å². The number of ketones is 1. The predicted octanol–water partition coefficient (Wildman–Crippen LogP) is 5.60. The Morgan fingerprint density at radius 1 is 0.911 bits per heavy atom. The van der Waals surface area contributed by atoms with Crippen LogP contribution >= 0.6 is 0 Å². The van der Waals surface area contributed by atoms with Gasteiger partial charge in [-0.25, -0.2) is 0 Å². The normalized spacial score (nSPS) is 18.3. The van der Waals surface area contributed by atoms with Gasteiger partial charge in [0.15, 0.2) is 11.5 Å². The van der Waals surface area contributed by atoms with Crippen LogP contribution in [0.5, 0.6) is 17.2 Å². The lowest BCUT2D eigenvalue weighted by Crippen LogP contribution is -2.39.